The van der Waals surface area contributed by atoms with Gasteiger partial charge in [-0.1, -0.05) is 13.1 Å². The Morgan fingerprint density at radius 1 is 1.31 bits per heavy atom. The summed E-state index contributed by atoms with van der Waals surface area (Å²) in [6.07, 6.45) is 0. The first-order valence-electron chi connectivity index (χ1n) is 4.75. The average molecular weight is 363 g/mol. The van der Waals surface area contributed by atoms with Crippen LogP contribution in [0.4, 0.5) is 0 Å². The van der Waals surface area contributed by atoms with Crippen LogP contribution in [0.1, 0.15) is 0 Å². The maximum Gasteiger partial charge on any atom is 0.477 e. The number of rotatable bonds is 8. The largest absolute Gasteiger partial charge is 0.560 e. The smallest absolute Gasteiger partial charge is 0.477 e. The second-order valence-electron chi connectivity index (χ2n) is 3.43. The molecule has 0 fully saturated rings. The summed E-state index contributed by atoms with van der Waals surface area (Å²) in [4.78, 5) is 0. The van der Waals surface area contributed by atoms with Gasteiger partial charge >= 0.3 is 17.2 Å². The summed E-state index contributed by atoms with van der Waals surface area (Å²) in [7, 11) is -5.35. The SMILES string of the molecule is C[SiH](C)[SiH](OO)[Si](O[SiH3])(O[SiH3])/[SiH]=[SiH]/O[SiH]=O. The maximum atomic E-state index is 10.4. The van der Waals surface area contributed by atoms with Crippen molar-refractivity contribution in [2.75, 3.05) is 0 Å². The van der Waals surface area contributed by atoms with Crippen molar-refractivity contribution in [3.63, 3.8) is 0 Å². The lowest BCUT2D eigenvalue weighted by Crippen LogP contribution is -2.66. The van der Waals surface area contributed by atoms with Gasteiger partial charge in [0, 0.05) is 0 Å². The molecule has 1 unspecified atom stereocenters. The van der Waals surface area contributed by atoms with Gasteiger partial charge in [0.2, 0.25) is 0 Å². The van der Waals surface area contributed by atoms with Crippen LogP contribution < -0.4 is 0 Å². The molecule has 0 saturated carbocycles. The quantitative estimate of drug-likeness (QED) is 0.264. The fraction of sp³-hybridized carbons (Fsp3) is 1.00. The monoisotopic (exact) mass is 362 g/mol. The zero-order valence-corrected chi connectivity index (χ0v) is 20.6. The Balaban J connectivity index is 4.96. The van der Waals surface area contributed by atoms with Crippen LogP contribution in [0, 0.1) is 0 Å². The van der Waals surface area contributed by atoms with E-state index in [0.717, 1.165) is 0 Å². The molecule has 1 atom stereocenters. The third-order valence-electron chi connectivity index (χ3n) is 2.19. The minimum atomic E-state index is -2.25. The number of hydrogen-bond donors (Lipinski definition) is 1. The van der Waals surface area contributed by atoms with Crippen molar-refractivity contribution < 1.29 is 26.6 Å². The van der Waals surface area contributed by atoms with Crippen LogP contribution in [0.5, 0.6) is 0 Å². The van der Waals surface area contributed by atoms with Crippen molar-refractivity contribution in [3.8, 4) is 0 Å². The average Bonchev–Trinajstić information content (AvgIpc) is 2.27. The fourth-order valence-electron chi connectivity index (χ4n) is 1.37. The summed E-state index contributed by atoms with van der Waals surface area (Å²) in [5, 5.41) is 9.08. The van der Waals surface area contributed by atoms with Gasteiger partial charge < -0.3 is 16.8 Å². The summed E-state index contributed by atoms with van der Waals surface area (Å²) < 4.78 is 31.6. The molecule has 0 aromatic heterocycles. The molecule has 0 aliphatic carbocycles. The van der Waals surface area contributed by atoms with Gasteiger partial charge in [-0.15, -0.1) is 0 Å². The Hall–Kier alpha value is 1.18. The molecule has 0 radical (unpaired) electrons. The normalized spacial score (nSPS) is 17.8. The predicted octanol–water partition coefficient (Wildman–Crippen LogP) is -5.21. The van der Waals surface area contributed by atoms with Crippen LogP contribution in [0.2, 0.25) is 13.1 Å². The van der Waals surface area contributed by atoms with Crippen LogP contribution >= 0.6 is 0 Å². The van der Waals surface area contributed by atoms with E-state index >= 15 is 0 Å². The minimum absolute atomic E-state index is 0.0994. The second-order valence-corrected chi connectivity index (χ2v) is 34.7. The van der Waals surface area contributed by atoms with Gasteiger partial charge in [0.1, 0.15) is 21.0 Å². The van der Waals surface area contributed by atoms with Gasteiger partial charge in [-0.05, 0) is 0 Å². The lowest BCUT2D eigenvalue weighted by Gasteiger charge is -2.32. The Kier molecular flexibility index (Phi) is 9.82. The molecular formula is C2H18O6Si8. The van der Waals surface area contributed by atoms with Gasteiger partial charge in [0.15, 0.2) is 8.86 Å². The van der Waals surface area contributed by atoms with Crippen LogP contribution in [-0.2, 0) is 21.4 Å². The third-order valence-corrected chi connectivity index (χ3v) is 56.8. The third kappa shape index (κ3) is 4.81. The first-order valence-corrected chi connectivity index (χ1v) is 21.3. The summed E-state index contributed by atoms with van der Waals surface area (Å²) in [6.45, 7) is 4.31. The van der Waals surface area contributed by atoms with E-state index in [2.05, 4.69) is 13.1 Å². The maximum absolute atomic E-state index is 10.4. The van der Waals surface area contributed by atoms with E-state index in [-0.39, 0.29) is 17.0 Å². The highest BCUT2D eigenvalue weighted by Crippen LogP contribution is 2.09. The van der Waals surface area contributed by atoms with Crippen LogP contribution in [-0.4, -0.2) is 76.9 Å². The molecule has 0 aromatic carbocycles. The Bertz CT molecular complexity index is 229. The summed E-state index contributed by atoms with van der Waals surface area (Å²) in [5.41, 5.74) is 0. The van der Waals surface area contributed by atoms with E-state index in [4.69, 9.17) is 22.2 Å². The van der Waals surface area contributed by atoms with Crippen molar-refractivity contribution in [2.45, 2.75) is 13.1 Å². The lowest BCUT2D eigenvalue weighted by molar-refractivity contribution is -0.138. The molecule has 1 N–H and O–H groups in total. The van der Waals surface area contributed by atoms with E-state index in [1.165, 1.54) is 0 Å². The number of hydrogen-bond acceptors (Lipinski definition) is 6. The minimum Gasteiger partial charge on any atom is -0.560 e. The summed E-state index contributed by atoms with van der Waals surface area (Å²) in [5.74, 6) is 0. The first kappa shape index (κ1) is 17.2. The molecule has 6 nitrogen and oxygen atoms in total. The highest BCUT2D eigenvalue weighted by Gasteiger charge is 2.46. The van der Waals surface area contributed by atoms with E-state index in [1.54, 1.807) is 0 Å². The van der Waals surface area contributed by atoms with Gasteiger partial charge in [-0.2, -0.15) is 0 Å². The van der Waals surface area contributed by atoms with E-state index in [1.807, 2.05) is 0 Å². The zero-order valence-electron chi connectivity index (χ0n) is 9.88. The lowest BCUT2D eigenvalue weighted by atomic mass is 11.9. The van der Waals surface area contributed by atoms with Crippen molar-refractivity contribution in [1.82, 2.24) is 0 Å². The second kappa shape index (κ2) is 9.15. The van der Waals surface area contributed by atoms with Gasteiger partial charge in [-0.3, -0.25) is 9.83 Å². The molecule has 0 amide bonds. The zero-order chi connectivity index (χ0) is 12.6. The molecular weight excluding hydrogens is 345 g/mol. The Morgan fingerprint density at radius 2 is 1.88 bits per heavy atom. The molecule has 0 aromatic rings. The van der Waals surface area contributed by atoms with Crippen molar-refractivity contribution in [2.24, 2.45) is 0 Å². The highest BCUT2D eigenvalue weighted by atomic mass is 29.8. The van der Waals surface area contributed by atoms with E-state index in [9.17, 15) is 4.46 Å². The van der Waals surface area contributed by atoms with Gasteiger partial charge in [0.05, 0.1) is 16.4 Å². The van der Waals surface area contributed by atoms with Crippen LogP contribution in [0.15, 0.2) is 0 Å². The molecule has 0 bridgehead atoms. The molecule has 94 valence electrons. The fourth-order valence-corrected chi connectivity index (χ4v) is 77.5. The van der Waals surface area contributed by atoms with Gasteiger partial charge in [-0.25, -0.2) is 0 Å². The molecule has 0 aliphatic heterocycles. The predicted molar refractivity (Wildman–Crippen MR) is 80.8 cm³/mol. The van der Waals surface area contributed by atoms with Crippen LogP contribution in [0.3, 0.4) is 0 Å². The molecule has 14 heteroatoms. The highest BCUT2D eigenvalue weighted by molar-refractivity contribution is 7.65. The van der Waals surface area contributed by atoms with Crippen molar-refractivity contribution >= 4 is 71.6 Å². The van der Waals surface area contributed by atoms with Gasteiger partial charge in [0.25, 0.3) is 8.08 Å². The molecule has 16 heavy (non-hydrogen) atoms. The molecule has 0 saturated heterocycles. The summed E-state index contributed by atoms with van der Waals surface area (Å²) >= 11 is 0. The van der Waals surface area contributed by atoms with Crippen molar-refractivity contribution in [3.05, 3.63) is 0 Å². The standard InChI is InChI=1S/C2H18O6Si8/c1-14(2)15(5-3)16(6-9,7-10)13-12-8-11-4/h3,11-15H,1-2,9-10H3/b13-12+. The van der Waals surface area contributed by atoms with Crippen molar-refractivity contribution in [1.29, 1.82) is 0 Å². The Labute approximate surface area is 111 Å². The molecule has 0 heterocycles. The molecule has 0 aliphatic rings. The topological polar surface area (TPSA) is 74.2 Å². The Morgan fingerprint density at radius 3 is 2.19 bits per heavy atom. The first-order chi connectivity index (χ1) is 7.57. The molecule has 0 spiro atoms. The van der Waals surface area contributed by atoms with E-state index < -0.39 is 33.6 Å². The summed E-state index contributed by atoms with van der Waals surface area (Å²) in [6, 6.07) is 0. The van der Waals surface area contributed by atoms with Crippen LogP contribution in [0.25, 0.3) is 0 Å². The molecule has 0 rings (SSSR count). The van der Waals surface area contributed by atoms with E-state index in [0.29, 0.717) is 21.0 Å².